The highest BCUT2D eigenvalue weighted by atomic mass is 79.9. The molecule has 0 unspecified atom stereocenters. The second kappa shape index (κ2) is 10.1. The largest absolute Gasteiger partial charge is 0.496 e. The highest BCUT2D eigenvalue weighted by Crippen LogP contribution is 2.27. The molecule has 1 rings (SSSR count). The Morgan fingerprint density at radius 2 is 1.95 bits per heavy atom. The Morgan fingerprint density at radius 3 is 2.65 bits per heavy atom. The zero-order valence-electron chi connectivity index (χ0n) is 12.2. The van der Waals surface area contributed by atoms with Gasteiger partial charge in [-0.2, -0.15) is 0 Å². The summed E-state index contributed by atoms with van der Waals surface area (Å²) in [4.78, 5) is 0. The van der Waals surface area contributed by atoms with Crippen LogP contribution < -0.4 is 10.1 Å². The summed E-state index contributed by atoms with van der Waals surface area (Å²) in [5.74, 6) is 0.344. The van der Waals surface area contributed by atoms with Gasteiger partial charge in [0.25, 0.3) is 0 Å². The Labute approximate surface area is 129 Å². The lowest BCUT2D eigenvalue weighted by atomic mass is 10.1. The summed E-state index contributed by atoms with van der Waals surface area (Å²) in [6.07, 6.45) is 4.24. The summed E-state index contributed by atoms with van der Waals surface area (Å²) in [5, 5.41) is 3.32. The summed E-state index contributed by atoms with van der Waals surface area (Å²) in [5.41, 5.74) is 1.05. The van der Waals surface area contributed by atoms with Crippen LogP contribution in [0.4, 0.5) is 4.39 Å². The molecule has 0 bridgehead atoms. The van der Waals surface area contributed by atoms with Crippen molar-refractivity contribution >= 4 is 15.9 Å². The summed E-state index contributed by atoms with van der Waals surface area (Å²) >= 11 is 3.21. The number of halogens is 2. The Balaban J connectivity index is 2.26. The summed E-state index contributed by atoms with van der Waals surface area (Å²) in [6.45, 7) is 2.66. The molecule has 0 aliphatic rings. The van der Waals surface area contributed by atoms with Crippen LogP contribution in [0.2, 0.25) is 0 Å². The van der Waals surface area contributed by atoms with E-state index in [0.29, 0.717) is 10.2 Å². The molecule has 0 amide bonds. The van der Waals surface area contributed by atoms with E-state index in [2.05, 4.69) is 21.2 Å². The van der Waals surface area contributed by atoms with E-state index in [4.69, 9.17) is 9.47 Å². The quantitative estimate of drug-likeness (QED) is 0.656. The lowest BCUT2D eigenvalue weighted by molar-refractivity contribution is 0.199. The number of unbranched alkanes of at least 4 members (excludes halogenated alkanes) is 2. The van der Waals surface area contributed by atoms with E-state index in [-0.39, 0.29) is 5.82 Å². The fourth-order valence-electron chi connectivity index (χ4n) is 2.00. The summed E-state index contributed by atoms with van der Waals surface area (Å²) < 4.78 is 24.1. The van der Waals surface area contributed by atoms with E-state index < -0.39 is 0 Å². The standard InChI is InChI=1S/C15H23BrFNO2/c1-19-9-8-18-7-5-3-4-6-12-10-13(16)14(17)11-15(12)20-2/h10-11,18H,3-9H2,1-2H3. The van der Waals surface area contributed by atoms with Crippen LogP contribution >= 0.6 is 15.9 Å². The number of hydrogen-bond acceptors (Lipinski definition) is 3. The Kier molecular flexibility index (Phi) is 8.82. The van der Waals surface area contributed by atoms with Crippen molar-refractivity contribution in [3.8, 4) is 5.75 Å². The van der Waals surface area contributed by atoms with Gasteiger partial charge in [0.2, 0.25) is 0 Å². The van der Waals surface area contributed by atoms with Gasteiger partial charge in [-0.1, -0.05) is 6.42 Å². The van der Waals surface area contributed by atoms with Gasteiger partial charge in [0, 0.05) is 19.7 Å². The predicted molar refractivity (Wildman–Crippen MR) is 83.0 cm³/mol. The maximum absolute atomic E-state index is 13.4. The van der Waals surface area contributed by atoms with Crippen molar-refractivity contribution in [1.82, 2.24) is 5.32 Å². The zero-order valence-corrected chi connectivity index (χ0v) is 13.8. The van der Waals surface area contributed by atoms with Crippen LogP contribution in [0.25, 0.3) is 0 Å². The van der Waals surface area contributed by atoms with Crippen molar-refractivity contribution in [1.29, 1.82) is 0 Å². The lowest BCUT2D eigenvalue weighted by Crippen LogP contribution is -2.20. The third-order valence-electron chi connectivity index (χ3n) is 3.11. The van der Waals surface area contributed by atoms with Crippen LogP contribution in [0.3, 0.4) is 0 Å². The average Bonchev–Trinajstić information content (AvgIpc) is 2.45. The molecule has 0 fully saturated rings. The minimum Gasteiger partial charge on any atom is -0.496 e. The monoisotopic (exact) mass is 347 g/mol. The molecular weight excluding hydrogens is 325 g/mol. The van der Waals surface area contributed by atoms with E-state index in [1.807, 2.05) is 6.07 Å². The number of benzene rings is 1. The lowest BCUT2D eigenvalue weighted by Gasteiger charge is -2.10. The number of ether oxygens (including phenoxy) is 2. The first-order valence-electron chi connectivity index (χ1n) is 6.90. The first kappa shape index (κ1) is 17.4. The maximum atomic E-state index is 13.4. The molecule has 0 aromatic heterocycles. The highest BCUT2D eigenvalue weighted by Gasteiger charge is 2.08. The number of aryl methyl sites for hydroxylation is 1. The van der Waals surface area contributed by atoms with Crippen molar-refractivity contribution < 1.29 is 13.9 Å². The SMILES string of the molecule is COCCNCCCCCc1cc(Br)c(F)cc1OC. The number of rotatable bonds is 10. The summed E-state index contributed by atoms with van der Waals surface area (Å²) in [6, 6.07) is 3.25. The molecule has 0 aliphatic heterocycles. The molecule has 0 saturated carbocycles. The van der Waals surface area contributed by atoms with Gasteiger partial charge in [-0.05, 0) is 53.4 Å². The van der Waals surface area contributed by atoms with E-state index in [0.717, 1.165) is 50.9 Å². The van der Waals surface area contributed by atoms with Crippen molar-refractivity contribution in [2.75, 3.05) is 33.9 Å². The second-order valence-electron chi connectivity index (χ2n) is 4.63. The second-order valence-corrected chi connectivity index (χ2v) is 5.49. The molecule has 1 aromatic carbocycles. The molecule has 0 heterocycles. The van der Waals surface area contributed by atoms with Gasteiger partial charge in [0.05, 0.1) is 18.2 Å². The van der Waals surface area contributed by atoms with E-state index in [9.17, 15) is 4.39 Å². The normalized spacial score (nSPS) is 10.8. The fourth-order valence-corrected chi connectivity index (χ4v) is 2.39. The molecule has 0 radical (unpaired) electrons. The fraction of sp³-hybridized carbons (Fsp3) is 0.600. The maximum Gasteiger partial charge on any atom is 0.141 e. The first-order chi connectivity index (χ1) is 9.69. The molecule has 1 aromatic rings. The molecule has 0 spiro atoms. The first-order valence-corrected chi connectivity index (χ1v) is 7.70. The van der Waals surface area contributed by atoms with Gasteiger partial charge in [-0.25, -0.2) is 4.39 Å². The molecule has 0 atom stereocenters. The van der Waals surface area contributed by atoms with Gasteiger partial charge in [0.1, 0.15) is 11.6 Å². The third-order valence-corrected chi connectivity index (χ3v) is 3.71. The van der Waals surface area contributed by atoms with Crippen LogP contribution in [0.15, 0.2) is 16.6 Å². The van der Waals surface area contributed by atoms with Crippen molar-refractivity contribution in [2.24, 2.45) is 0 Å². The van der Waals surface area contributed by atoms with Gasteiger partial charge < -0.3 is 14.8 Å². The smallest absolute Gasteiger partial charge is 0.141 e. The molecule has 114 valence electrons. The minimum absolute atomic E-state index is 0.284. The van der Waals surface area contributed by atoms with Gasteiger partial charge in [0.15, 0.2) is 0 Å². The van der Waals surface area contributed by atoms with Crippen molar-refractivity contribution in [3.05, 3.63) is 28.0 Å². The molecular formula is C15H23BrFNO2. The van der Waals surface area contributed by atoms with Crippen LogP contribution in [-0.2, 0) is 11.2 Å². The van der Waals surface area contributed by atoms with Crippen LogP contribution in [0.5, 0.6) is 5.75 Å². The Morgan fingerprint density at radius 1 is 1.15 bits per heavy atom. The Hall–Kier alpha value is -0.650. The highest BCUT2D eigenvalue weighted by molar-refractivity contribution is 9.10. The molecule has 3 nitrogen and oxygen atoms in total. The number of nitrogens with one attached hydrogen (secondary N) is 1. The molecule has 5 heteroatoms. The number of hydrogen-bond donors (Lipinski definition) is 1. The van der Waals surface area contributed by atoms with Gasteiger partial charge in [-0.15, -0.1) is 0 Å². The van der Waals surface area contributed by atoms with E-state index in [1.165, 1.54) is 6.07 Å². The number of methoxy groups -OCH3 is 2. The predicted octanol–water partition coefficient (Wildman–Crippen LogP) is 3.55. The molecule has 0 aliphatic carbocycles. The molecule has 20 heavy (non-hydrogen) atoms. The molecule has 0 saturated heterocycles. The van der Waals surface area contributed by atoms with E-state index >= 15 is 0 Å². The van der Waals surface area contributed by atoms with Crippen molar-refractivity contribution in [2.45, 2.75) is 25.7 Å². The van der Waals surface area contributed by atoms with Crippen LogP contribution in [0.1, 0.15) is 24.8 Å². The van der Waals surface area contributed by atoms with Gasteiger partial charge >= 0.3 is 0 Å². The van der Waals surface area contributed by atoms with Gasteiger partial charge in [-0.3, -0.25) is 0 Å². The topological polar surface area (TPSA) is 30.5 Å². The minimum atomic E-state index is -0.284. The van der Waals surface area contributed by atoms with Crippen LogP contribution in [-0.4, -0.2) is 33.9 Å². The Bertz CT molecular complexity index is 402. The summed E-state index contributed by atoms with van der Waals surface area (Å²) in [7, 11) is 3.28. The van der Waals surface area contributed by atoms with Crippen LogP contribution in [0, 0.1) is 5.82 Å². The van der Waals surface area contributed by atoms with Crippen molar-refractivity contribution in [3.63, 3.8) is 0 Å². The third kappa shape index (κ3) is 6.20. The average molecular weight is 348 g/mol. The molecule has 1 N–H and O–H groups in total. The zero-order chi connectivity index (χ0) is 14.8. The van der Waals surface area contributed by atoms with E-state index in [1.54, 1.807) is 14.2 Å².